The zero-order valence-corrected chi connectivity index (χ0v) is 17.7. The zero-order valence-electron chi connectivity index (χ0n) is 15.3. The van der Waals surface area contributed by atoms with Crippen molar-refractivity contribution in [2.75, 3.05) is 33.9 Å². The van der Waals surface area contributed by atoms with Crippen LogP contribution in [0.5, 0.6) is 11.5 Å². The SMILES string of the molecule is CCNC(=NCc1ccc(OC)c(OC)c1)NCCC1CCCO1.I. The average molecular weight is 463 g/mol. The number of hydrogen-bond donors (Lipinski definition) is 2. The summed E-state index contributed by atoms with van der Waals surface area (Å²) in [6.07, 6.45) is 3.76. The minimum atomic E-state index is 0. The maximum Gasteiger partial charge on any atom is 0.191 e. The van der Waals surface area contributed by atoms with Gasteiger partial charge in [0, 0.05) is 19.7 Å². The first kappa shape index (κ1) is 21.8. The molecule has 0 spiro atoms. The standard InChI is InChI=1S/C18H29N3O3.HI/c1-4-19-18(20-10-9-15-6-5-11-24-15)21-13-14-7-8-16(22-2)17(12-14)23-3;/h7-8,12,15H,4-6,9-11,13H2,1-3H3,(H2,19,20,21);1H. The number of nitrogens with zero attached hydrogens (tertiary/aromatic N) is 1. The van der Waals surface area contributed by atoms with E-state index in [0.717, 1.165) is 49.1 Å². The Morgan fingerprint density at radius 2 is 2.04 bits per heavy atom. The lowest BCUT2D eigenvalue weighted by Gasteiger charge is -2.14. The van der Waals surface area contributed by atoms with Gasteiger partial charge in [0.05, 0.1) is 26.9 Å². The fourth-order valence-corrected chi connectivity index (χ4v) is 2.71. The van der Waals surface area contributed by atoms with Gasteiger partial charge in [0.1, 0.15) is 0 Å². The average Bonchev–Trinajstić information content (AvgIpc) is 3.12. The van der Waals surface area contributed by atoms with E-state index in [1.54, 1.807) is 14.2 Å². The normalized spacial score (nSPS) is 16.9. The number of nitrogens with one attached hydrogen (secondary N) is 2. The maximum atomic E-state index is 5.65. The third-order valence-corrected chi connectivity index (χ3v) is 3.99. The minimum Gasteiger partial charge on any atom is -0.493 e. The molecule has 1 unspecified atom stereocenters. The highest BCUT2D eigenvalue weighted by atomic mass is 127. The number of guanidine groups is 1. The fourth-order valence-electron chi connectivity index (χ4n) is 2.71. The third-order valence-electron chi connectivity index (χ3n) is 3.99. The Bertz CT molecular complexity index is 534. The number of benzene rings is 1. The van der Waals surface area contributed by atoms with E-state index in [-0.39, 0.29) is 24.0 Å². The predicted octanol–water partition coefficient (Wildman–Crippen LogP) is 2.95. The molecule has 7 heteroatoms. The molecule has 142 valence electrons. The van der Waals surface area contributed by atoms with E-state index in [0.29, 0.717) is 12.6 Å². The Labute approximate surface area is 167 Å². The van der Waals surface area contributed by atoms with Gasteiger partial charge in [-0.3, -0.25) is 0 Å². The van der Waals surface area contributed by atoms with Crippen LogP contribution in [-0.2, 0) is 11.3 Å². The first-order chi connectivity index (χ1) is 11.8. The van der Waals surface area contributed by atoms with Gasteiger partial charge in [-0.25, -0.2) is 4.99 Å². The van der Waals surface area contributed by atoms with Gasteiger partial charge in [-0.15, -0.1) is 24.0 Å². The molecule has 25 heavy (non-hydrogen) atoms. The van der Waals surface area contributed by atoms with Crippen molar-refractivity contribution >= 4 is 29.9 Å². The van der Waals surface area contributed by atoms with E-state index < -0.39 is 0 Å². The van der Waals surface area contributed by atoms with E-state index in [9.17, 15) is 0 Å². The highest BCUT2D eigenvalue weighted by molar-refractivity contribution is 14.0. The molecule has 1 aromatic rings. The number of halogens is 1. The molecule has 1 heterocycles. The van der Waals surface area contributed by atoms with E-state index in [4.69, 9.17) is 14.2 Å². The molecule has 0 amide bonds. The van der Waals surface area contributed by atoms with Crippen LogP contribution in [0.3, 0.4) is 0 Å². The van der Waals surface area contributed by atoms with E-state index >= 15 is 0 Å². The molecule has 0 aliphatic carbocycles. The molecular weight excluding hydrogens is 433 g/mol. The maximum absolute atomic E-state index is 5.65. The van der Waals surface area contributed by atoms with Crippen LogP contribution in [0.1, 0.15) is 31.7 Å². The largest absolute Gasteiger partial charge is 0.493 e. The lowest BCUT2D eigenvalue weighted by molar-refractivity contribution is 0.105. The van der Waals surface area contributed by atoms with Crippen molar-refractivity contribution in [3.63, 3.8) is 0 Å². The van der Waals surface area contributed by atoms with Crippen molar-refractivity contribution in [2.24, 2.45) is 4.99 Å². The molecule has 1 saturated heterocycles. The van der Waals surface area contributed by atoms with Crippen LogP contribution in [0.2, 0.25) is 0 Å². The number of methoxy groups -OCH3 is 2. The Hall–Kier alpha value is -1.22. The summed E-state index contributed by atoms with van der Waals surface area (Å²) in [5.74, 6) is 2.28. The highest BCUT2D eigenvalue weighted by Crippen LogP contribution is 2.27. The van der Waals surface area contributed by atoms with Crippen LogP contribution in [0.4, 0.5) is 0 Å². The van der Waals surface area contributed by atoms with Gasteiger partial charge in [-0.1, -0.05) is 6.07 Å². The molecule has 1 aromatic carbocycles. The fraction of sp³-hybridized carbons (Fsp3) is 0.611. The lowest BCUT2D eigenvalue weighted by Crippen LogP contribution is -2.38. The third kappa shape index (κ3) is 7.27. The van der Waals surface area contributed by atoms with Crippen molar-refractivity contribution in [2.45, 2.75) is 38.8 Å². The van der Waals surface area contributed by atoms with Crippen molar-refractivity contribution in [3.8, 4) is 11.5 Å². The van der Waals surface area contributed by atoms with E-state index in [1.165, 1.54) is 12.8 Å². The Balaban J connectivity index is 0.00000312. The van der Waals surface area contributed by atoms with Gasteiger partial charge in [0.2, 0.25) is 0 Å². The summed E-state index contributed by atoms with van der Waals surface area (Å²) < 4.78 is 16.2. The van der Waals surface area contributed by atoms with Crippen molar-refractivity contribution < 1.29 is 14.2 Å². The summed E-state index contributed by atoms with van der Waals surface area (Å²) in [5, 5.41) is 6.64. The topological polar surface area (TPSA) is 64.1 Å². The molecule has 0 bridgehead atoms. The Morgan fingerprint density at radius 3 is 2.68 bits per heavy atom. The summed E-state index contributed by atoms with van der Waals surface area (Å²) in [6, 6.07) is 5.86. The van der Waals surface area contributed by atoms with Gasteiger partial charge in [-0.05, 0) is 43.9 Å². The molecule has 0 aromatic heterocycles. The van der Waals surface area contributed by atoms with E-state index in [1.807, 2.05) is 18.2 Å². The monoisotopic (exact) mass is 463 g/mol. The molecule has 0 radical (unpaired) electrons. The van der Waals surface area contributed by atoms with Crippen LogP contribution >= 0.6 is 24.0 Å². The highest BCUT2D eigenvalue weighted by Gasteiger charge is 2.14. The summed E-state index contributed by atoms with van der Waals surface area (Å²) in [4.78, 5) is 4.64. The molecule has 0 saturated carbocycles. The summed E-state index contributed by atoms with van der Waals surface area (Å²) in [5.41, 5.74) is 1.07. The van der Waals surface area contributed by atoms with Gasteiger partial charge < -0.3 is 24.8 Å². The molecule has 1 aliphatic rings. The van der Waals surface area contributed by atoms with Crippen LogP contribution in [0.15, 0.2) is 23.2 Å². The molecule has 2 N–H and O–H groups in total. The molecule has 1 aliphatic heterocycles. The first-order valence-electron chi connectivity index (χ1n) is 8.61. The summed E-state index contributed by atoms with van der Waals surface area (Å²) in [6.45, 7) is 5.24. The van der Waals surface area contributed by atoms with Gasteiger partial charge in [0.25, 0.3) is 0 Å². The van der Waals surface area contributed by atoms with Crippen LogP contribution in [0.25, 0.3) is 0 Å². The second kappa shape index (κ2) is 12.2. The molecule has 1 fully saturated rings. The predicted molar refractivity (Wildman–Crippen MR) is 111 cm³/mol. The number of hydrogen-bond acceptors (Lipinski definition) is 4. The zero-order chi connectivity index (χ0) is 17.2. The van der Waals surface area contributed by atoms with Gasteiger partial charge in [-0.2, -0.15) is 0 Å². The lowest BCUT2D eigenvalue weighted by atomic mass is 10.2. The van der Waals surface area contributed by atoms with Crippen molar-refractivity contribution in [1.82, 2.24) is 10.6 Å². The number of aliphatic imine (C=N–C) groups is 1. The summed E-state index contributed by atoms with van der Waals surface area (Å²) in [7, 11) is 3.28. The van der Waals surface area contributed by atoms with Gasteiger partial charge in [0.15, 0.2) is 17.5 Å². The molecule has 1 atom stereocenters. The Kier molecular flexibility index (Phi) is 10.6. The molecule has 2 rings (SSSR count). The quantitative estimate of drug-likeness (QED) is 0.353. The van der Waals surface area contributed by atoms with Crippen molar-refractivity contribution in [1.29, 1.82) is 0 Å². The minimum absolute atomic E-state index is 0. The number of rotatable bonds is 8. The first-order valence-corrected chi connectivity index (χ1v) is 8.61. The van der Waals surface area contributed by atoms with Gasteiger partial charge >= 0.3 is 0 Å². The van der Waals surface area contributed by atoms with Crippen LogP contribution in [-0.4, -0.2) is 46.0 Å². The van der Waals surface area contributed by atoms with E-state index in [2.05, 4.69) is 22.5 Å². The molecular formula is C18H30IN3O3. The van der Waals surface area contributed by atoms with Crippen LogP contribution < -0.4 is 20.1 Å². The second-order valence-corrected chi connectivity index (χ2v) is 5.73. The Morgan fingerprint density at radius 1 is 1.24 bits per heavy atom. The molecule has 6 nitrogen and oxygen atoms in total. The smallest absolute Gasteiger partial charge is 0.191 e. The number of ether oxygens (including phenoxy) is 3. The summed E-state index contributed by atoms with van der Waals surface area (Å²) >= 11 is 0. The van der Waals surface area contributed by atoms with Crippen molar-refractivity contribution in [3.05, 3.63) is 23.8 Å². The second-order valence-electron chi connectivity index (χ2n) is 5.73. The van der Waals surface area contributed by atoms with Crippen LogP contribution in [0, 0.1) is 0 Å².